The number of rotatable bonds is 1. The molecule has 0 aromatic heterocycles. The molecule has 0 bridgehead atoms. The fourth-order valence-corrected chi connectivity index (χ4v) is 0.154. The van der Waals surface area contributed by atoms with Crippen LogP contribution >= 0.6 is 0 Å². The summed E-state index contributed by atoms with van der Waals surface area (Å²) in [5.41, 5.74) is 0. The molecule has 0 aliphatic rings. The summed E-state index contributed by atoms with van der Waals surface area (Å²) >= 11 is 0. The van der Waals surface area contributed by atoms with E-state index in [2.05, 4.69) is 6.58 Å². The molecule has 0 heterocycles. The number of hydrogen-bond acceptors (Lipinski definition) is 2. The molecule has 0 saturated carbocycles. The number of amides is 1. The third-order valence-corrected chi connectivity index (χ3v) is 0.427. The lowest BCUT2D eigenvalue weighted by molar-refractivity contribution is -0.149. The molecule has 0 aromatic carbocycles. The number of carbonyl (C=O) groups is 2. The van der Waals surface area contributed by atoms with Crippen molar-refractivity contribution in [2.45, 2.75) is 0 Å². The standard InChI is InChI=1S/C4H5NO3/c1-2-5-3(6)4(7)8/h2H,1H2,(H,5,6)(H,7,8). The van der Waals surface area contributed by atoms with Crippen molar-refractivity contribution in [3.63, 3.8) is 0 Å². The van der Waals surface area contributed by atoms with Gasteiger partial charge in [0.05, 0.1) is 0 Å². The van der Waals surface area contributed by atoms with Crippen LogP contribution in [0.25, 0.3) is 0 Å². The Kier molecular flexibility index (Phi) is 2.33. The average molecular weight is 115 g/mol. The molecule has 2 N–H and O–H groups in total. The smallest absolute Gasteiger partial charge is 0.394 e. The summed E-state index contributed by atoms with van der Waals surface area (Å²) in [6.45, 7) is 3.09. The minimum atomic E-state index is -1.51. The van der Waals surface area contributed by atoms with Crippen LogP contribution in [0, 0.1) is 0 Å². The molecular weight excluding hydrogens is 110 g/mol. The summed E-state index contributed by atoms with van der Waals surface area (Å²) in [6.07, 6.45) is 1.01. The van der Waals surface area contributed by atoms with Gasteiger partial charge in [0, 0.05) is 0 Å². The van der Waals surface area contributed by atoms with Gasteiger partial charge in [-0.15, -0.1) is 0 Å². The minimum absolute atomic E-state index is 1.01. The number of carboxylic acids is 1. The van der Waals surface area contributed by atoms with E-state index in [1.54, 1.807) is 0 Å². The van der Waals surface area contributed by atoms with Gasteiger partial charge in [-0.25, -0.2) is 4.79 Å². The Bertz CT molecular complexity index is 129. The molecule has 0 unspecified atom stereocenters. The summed E-state index contributed by atoms with van der Waals surface area (Å²) < 4.78 is 0. The van der Waals surface area contributed by atoms with Crippen molar-refractivity contribution < 1.29 is 14.7 Å². The maximum absolute atomic E-state index is 9.96. The van der Waals surface area contributed by atoms with Gasteiger partial charge in [-0.2, -0.15) is 0 Å². The van der Waals surface area contributed by atoms with Crippen molar-refractivity contribution in [3.05, 3.63) is 12.8 Å². The highest BCUT2D eigenvalue weighted by Gasteiger charge is 2.06. The van der Waals surface area contributed by atoms with E-state index in [9.17, 15) is 9.59 Å². The van der Waals surface area contributed by atoms with E-state index >= 15 is 0 Å². The Morgan fingerprint density at radius 1 is 1.62 bits per heavy atom. The number of aliphatic carboxylic acids is 1. The molecule has 44 valence electrons. The van der Waals surface area contributed by atoms with Gasteiger partial charge in [-0.1, -0.05) is 6.58 Å². The third-order valence-electron chi connectivity index (χ3n) is 0.427. The van der Waals surface area contributed by atoms with E-state index in [4.69, 9.17) is 5.11 Å². The topological polar surface area (TPSA) is 66.4 Å². The number of nitrogens with one attached hydrogen (secondary N) is 1. The highest BCUT2D eigenvalue weighted by atomic mass is 16.4. The lowest BCUT2D eigenvalue weighted by atomic mass is 10.6. The quantitative estimate of drug-likeness (QED) is 0.445. The van der Waals surface area contributed by atoms with Gasteiger partial charge in [0.15, 0.2) is 0 Å². The Hall–Kier alpha value is -1.32. The van der Waals surface area contributed by atoms with Crippen LogP contribution in [0.2, 0.25) is 0 Å². The van der Waals surface area contributed by atoms with Gasteiger partial charge in [0.25, 0.3) is 0 Å². The average Bonchev–Trinajstić information content (AvgIpc) is 1.67. The second-order valence-electron chi connectivity index (χ2n) is 0.983. The van der Waals surface area contributed by atoms with E-state index in [-0.39, 0.29) is 0 Å². The molecule has 0 spiro atoms. The van der Waals surface area contributed by atoms with E-state index in [0.29, 0.717) is 0 Å². The fourth-order valence-electron chi connectivity index (χ4n) is 0.154. The zero-order valence-corrected chi connectivity index (χ0v) is 4.05. The molecule has 4 nitrogen and oxygen atoms in total. The molecule has 0 aliphatic heterocycles. The van der Waals surface area contributed by atoms with Gasteiger partial charge in [0.2, 0.25) is 0 Å². The summed E-state index contributed by atoms with van der Waals surface area (Å²) in [5, 5.41) is 9.72. The molecule has 0 fully saturated rings. The first kappa shape index (κ1) is 6.68. The number of hydrogen-bond donors (Lipinski definition) is 2. The maximum atomic E-state index is 9.96. The number of carbonyl (C=O) groups excluding carboxylic acids is 1. The fraction of sp³-hybridized carbons (Fsp3) is 0. The molecule has 0 atom stereocenters. The van der Waals surface area contributed by atoms with E-state index < -0.39 is 11.9 Å². The van der Waals surface area contributed by atoms with Gasteiger partial charge in [-0.3, -0.25) is 4.79 Å². The molecule has 4 heteroatoms. The van der Waals surface area contributed by atoms with E-state index in [1.807, 2.05) is 5.32 Å². The van der Waals surface area contributed by atoms with Crippen LogP contribution < -0.4 is 5.32 Å². The molecule has 0 aromatic rings. The van der Waals surface area contributed by atoms with Gasteiger partial charge >= 0.3 is 11.9 Å². The molecule has 8 heavy (non-hydrogen) atoms. The van der Waals surface area contributed by atoms with Crippen LogP contribution in [-0.2, 0) is 9.59 Å². The molecule has 0 saturated heterocycles. The summed E-state index contributed by atoms with van der Waals surface area (Å²) in [6, 6.07) is 0. The highest BCUT2D eigenvalue weighted by Crippen LogP contribution is 1.62. The summed E-state index contributed by atoms with van der Waals surface area (Å²) in [4.78, 5) is 19.6. The second kappa shape index (κ2) is 2.79. The number of carboxylic acid groups (broad SMARTS) is 1. The first-order chi connectivity index (χ1) is 3.68. The molecular formula is C4H5NO3. The van der Waals surface area contributed by atoms with Crippen LogP contribution in [0.5, 0.6) is 0 Å². The van der Waals surface area contributed by atoms with Gasteiger partial charge in [-0.05, 0) is 6.20 Å². The van der Waals surface area contributed by atoms with Crippen molar-refractivity contribution in [1.82, 2.24) is 5.32 Å². The lowest BCUT2D eigenvalue weighted by Crippen LogP contribution is -2.25. The first-order valence-electron chi connectivity index (χ1n) is 1.83. The van der Waals surface area contributed by atoms with Crippen LogP contribution in [0.1, 0.15) is 0 Å². The monoisotopic (exact) mass is 115 g/mol. The predicted octanol–water partition coefficient (Wildman–Crippen LogP) is -0.669. The maximum Gasteiger partial charge on any atom is 0.394 e. The second-order valence-corrected chi connectivity index (χ2v) is 0.983. The van der Waals surface area contributed by atoms with Crippen LogP contribution in [0.15, 0.2) is 12.8 Å². The lowest BCUT2D eigenvalue weighted by Gasteiger charge is -1.87. The highest BCUT2D eigenvalue weighted by molar-refractivity contribution is 6.31. The molecule has 0 rings (SSSR count). The Labute approximate surface area is 45.8 Å². The third kappa shape index (κ3) is 1.96. The van der Waals surface area contributed by atoms with Gasteiger partial charge in [0.1, 0.15) is 0 Å². The first-order valence-corrected chi connectivity index (χ1v) is 1.83. The zero-order valence-electron chi connectivity index (χ0n) is 4.05. The zero-order chi connectivity index (χ0) is 6.57. The van der Waals surface area contributed by atoms with Crippen molar-refractivity contribution in [2.75, 3.05) is 0 Å². The van der Waals surface area contributed by atoms with E-state index in [0.717, 1.165) is 6.20 Å². The minimum Gasteiger partial charge on any atom is -0.474 e. The molecule has 1 amide bonds. The SMILES string of the molecule is C=CNC(=O)C(=O)O. The van der Waals surface area contributed by atoms with Crippen LogP contribution in [0.3, 0.4) is 0 Å². The van der Waals surface area contributed by atoms with E-state index in [1.165, 1.54) is 0 Å². The van der Waals surface area contributed by atoms with Crippen molar-refractivity contribution in [2.24, 2.45) is 0 Å². The largest absolute Gasteiger partial charge is 0.474 e. The molecule has 0 radical (unpaired) electrons. The summed E-state index contributed by atoms with van der Waals surface area (Å²) in [7, 11) is 0. The van der Waals surface area contributed by atoms with Crippen molar-refractivity contribution >= 4 is 11.9 Å². The van der Waals surface area contributed by atoms with Crippen LogP contribution in [0.4, 0.5) is 0 Å². The Balaban J connectivity index is 3.65. The normalized spacial score (nSPS) is 7.50. The molecule has 0 aliphatic carbocycles. The van der Waals surface area contributed by atoms with Crippen LogP contribution in [-0.4, -0.2) is 17.0 Å². The Morgan fingerprint density at radius 2 is 2.12 bits per heavy atom. The van der Waals surface area contributed by atoms with Gasteiger partial charge < -0.3 is 10.4 Å². The predicted molar refractivity (Wildman–Crippen MR) is 26.0 cm³/mol. The summed E-state index contributed by atoms with van der Waals surface area (Å²) in [5.74, 6) is -2.58. The Morgan fingerprint density at radius 3 is 2.25 bits per heavy atom. The van der Waals surface area contributed by atoms with Crippen molar-refractivity contribution in [1.29, 1.82) is 0 Å². The van der Waals surface area contributed by atoms with Crippen molar-refractivity contribution in [3.8, 4) is 0 Å².